The Balaban J connectivity index is 0.00000131. The highest BCUT2D eigenvalue weighted by Crippen LogP contribution is 2.44. The molecule has 1 aliphatic rings. The molecule has 0 aromatic heterocycles. The minimum Gasteiger partial charge on any atom is -0.542 e. The quantitative estimate of drug-likeness (QED) is 0.106. The number of halogens is 3. The zero-order valence-electron chi connectivity index (χ0n) is 31.0. The van der Waals surface area contributed by atoms with Crippen molar-refractivity contribution in [3.8, 4) is 11.1 Å². The second kappa shape index (κ2) is 24.2. The molecule has 0 heterocycles. The number of rotatable bonds is 24. The number of carboxylic acids is 2. The Hall–Kier alpha value is -4.29. The summed E-state index contributed by atoms with van der Waals surface area (Å²) in [5, 5.41) is 23.7. The third-order valence-corrected chi connectivity index (χ3v) is 7.90. The molecule has 2 aromatic carbocycles. The molecule has 14 nitrogen and oxygen atoms in total. The average molecular weight is 772 g/mol. The molecule has 0 radical (unpaired) electrons. The molecule has 1 aliphatic carbocycles. The molecule has 0 spiro atoms. The van der Waals surface area contributed by atoms with Gasteiger partial charge in [0, 0.05) is 18.9 Å². The van der Waals surface area contributed by atoms with Crippen LogP contribution in [0.3, 0.4) is 0 Å². The lowest BCUT2D eigenvalue weighted by atomic mass is 9.98. The number of fused-ring (bicyclic) bond motifs is 3. The highest BCUT2D eigenvalue weighted by Gasteiger charge is 2.30. The Morgan fingerprint density at radius 2 is 1.28 bits per heavy atom. The fourth-order valence-electron chi connectivity index (χ4n) is 5.09. The SMILES string of the molecule is C[N+](C)(C)CCOCCOCCOCCOCCC(=O)NCCCC[C@H](NC(=O)OCC1c2ccccc2-c2ccccc21)C(=O)O.O=C([O-])C(F)(F)F. The number of benzene rings is 2. The van der Waals surface area contributed by atoms with Crippen molar-refractivity contribution in [2.75, 3.05) is 93.7 Å². The number of carboxylic acid groups (broad SMARTS) is 2. The molecule has 17 heteroatoms. The lowest BCUT2D eigenvalue weighted by Gasteiger charge is -2.23. The number of alkyl halides is 3. The number of nitrogens with one attached hydrogen (secondary N) is 2. The van der Waals surface area contributed by atoms with Gasteiger partial charge >= 0.3 is 18.2 Å². The minimum atomic E-state index is -5.19. The van der Waals surface area contributed by atoms with E-state index in [1.807, 2.05) is 36.4 Å². The summed E-state index contributed by atoms with van der Waals surface area (Å²) in [6.07, 6.45) is -4.45. The molecule has 3 N–H and O–H groups in total. The zero-order valence-corrected chi connectivity index (χ0v) is 31.0. The van der Waals surface area contributed by atoms with Crippen molar-refractivity contribution in [2.24, 2.45) is 0 Å². The van der Waals surface area contributed by atoms with Crippen LogP contribution in [0.1, 0.15) is 42.7 Å². The van der Waals surface area contributed by atoms with Gasteiger partial charge in [-0.2, -0.15) is 13.2 Å². The number of quaternary nitrogens is 1. The van der Waals surface area contributed by atoms with E-state index in [2.05, 4.69) is 43.9 Å². The van der Waals surface area contributed by atoms with E-state index in [1.165, 1.54) is 0 Å². The van der Waals surface area contributed by atoms with Gasteiger partial charge < -0.3 is 53.8 Å². The molecule has 1 atom stereocenters. The second-order valence-corrected chi connectivity index (χ2v) is 13.2. The molecule has 2 amide bonds. The largest absolute Gasteiger partial charge is 0.542 e. The number of likely N-dealkylation sites (N-methyl/N-ethyl adjacent to an activating group) is 1. The van der Waals surface area contributed by atoms with E-state index < -0.39 is 30.2 Å². The Morgan fingerprint density at radius 3 is 1.76 bits per heavy atom. The van der Waals surface area contributed by atoms with E-state index in [9.17, 15) is 32.7 Å². The fraction of sp³-hybridized carbons (Fsp3) is 0.568. The van der Waals surface area contributed by atoms with E-state index in [4.69, 9.17) is 33.6 Å². The Labute approximate surface area is 313 Å². The summed E-state index contributed by atoms with van der Waals surface area (Å²) in [5.74, 6) is -4.39. The average Bonchev–Trinajstić information content (AvgIpc) is 3.43. The van der Waals surface area contributed by atoms with Gasteiger partial charge in [0.1, 0.15) is 25.2 Å². The number of alkyl carbamates (subject to hydrolysis) is 1. The highest BCUT2D eigenvalue weighted by molar-refractivity contribution is 5.81. The van der Waals surface area contributed by atoms with Gasteiger partial charge in [0.25, 0.3) is 0 Å². The van der Waals surface area contributed by atoms with Gasteiger partial charge in [-0.3, -0.25) is 4.79 Å². The smallest absolute Gasteiger partial charge is 0.430 e. The molecule has 0 fully saturated rings. The summed E-state index contributed by atoms with van der Waals surface area (Å²) in [4.78, 5) is 45.1. The Kier molecular flexibility index (Phi) is 20.5. The highest BCUT2D eigenvalue weighted by atomic mass is 19.4. The number of hydrogen-bond acceptors (Lipinski definition) is 10. The molecule has 0 aliphatic heterocycles. The van der Waals surface area contributed by atoms with E-state index >= 15 is 0 Å². The molecule has 0 unspecified atom stereocenters. The number of ether oxygens (including phenoxy) is 5. The summed E-state index contributed by atoms with van der Waals surface area (Å²) in [6.45, 7) is 5.30. The van der Waals surface area contributed by atoms with E-state index in [0.29, 0.717) is 65.6 Å². The van der Waals surface area contributed by atoms with Crippen LogP contribution in [0.5, 0.6) is 0 Å². The Morgan fingerprint density at radius 1 is 0.796 bits per heavy atom. The molecule has 3 rings (SSSR count). The van der Waals surface area contributed by atoms with Crippen molar-refractivity contribution in [2.45, 2.75) is 43.8 Å². The zero-order chi connectivity index (χ0) is 40.0. The third-order valence-electron chi connectivity index (χ3n) is 7.90. The second-order valence-electron chi connectivity index (χ2n) is 13.2. The lowest BCUT2D eigenvalue weighted by Crippen LogP contribution is -2.41. The van der Waals surface area contributed by atoms with Gasteiger partial charge in [-0.1, -0.05) is 48.5 Å². The van der Waals surface area contributed by atoms with Crippen LogP contribution >= 0.6 is 0 Å². The number of carbonyl (C=O) groups excluding carboxylic acids is 3. The van der Waals surface area contributed by atoms with E-state index in [-0.39, 0.29) is 37.9 Å². The van der Waals surface area contributed by atoms with Crippen LogP contribution in [0, 0.1) is 0 Å². The third kappa shape index (κ3) is 18.6. The minimum absolute atomic E-state index is 0.108. The van der Waals surface area contributed by atoms with Crippen molar-refractivity contribution in [1.29, 1.82) is 0 Å². The van der Waals surface area contributed by atoms with Crippen molar-refractivity contribution < 1.29 is 70.7 Å². The van der Waals surface area contributed by atoms with Crippen LogP contribution in [0.15, 0.2) is 48.5 Å². The van der Waals surface area contributed by atoms with Crippen LogP contribution in [0.4, 0.5) is 18.0 Å². The molecular formula is C37H52F3N3O11. The van der Waals surface area contributed by atoms with Gasteiger partial charge in [0.2, 0.25) is 5.91 Å². The molecule has 0 saturated carbocycles. The predicted molar refractivity (Wildman–Crippen MR) is 188 cm³/mol. The van der Waals surface area contributed by atoms with Crippen LogP contribution in [-0.4, -0.2) is 139 Å². The van der Waals surface area contributed by atoms with Crippen molar-refractivity contribution in [3.63, 3.8) is 0 Å². The maximum Gasteiger partial charge on any atom is 0.430 e. The number of aliphatic carboxylic acids is 2. The number of nitrogens with zero attached hydrogens (tertiary/aromatic N) is 1. The summed E-state index contributed by atoms with van der Waals surface area (Å²) in [5.41, 5.74) is 4.40. The number of carbonyl (C=O) groups is 4. The lowest BCUT2D eigenvalue weighted by molar-refractivity contribution is -0.870. The predicted octanol–water partition coefficient (Wildman–Crippen LogP) is 2.73. The molecule has 302 valence electrons. The standard InChI is InChI=1S/C35H51N3O9.C2HF3O2/c1-38(2,3)17-19-44-21-23-46-25-24-45-22-20-43-18-15-33(39)36-16-9-8-14-32(34(40)41)37-35(42)47-26-31-29-12-6-4-10-27(29)28-11-5-7-13-30(28)31;3-2(4,5)1(6)7/h4-7,10-13,31-32H,8-9,14-26H2,1-3H3,(H2-,36,37,39,40,41,42);(H,6,7)/t32-;/m0./s1. The summed E-state index contributed by atoms with van der Waals surface area (Å²) < 4.78 is 59.8. The first-order valence-electron chi connectivity index (χ1n) is 17.6. The topological polar surface area (TPSA) is 182 Å². The monoisotopic (exact) mass is 771 g/mol. The molecule has 0 saturated heterocycles. The van der Waals surface area contributed by atoms with Crippen LogP contribution < -0.4 is 15.7 Å². The van der Waals surface area contributed by atoms with Crippen molar-refractivity contribution in [3.05, 3.63) is 59.7 Å². The fourth-order valence-corrected chi connectivity index (χ4v) is 5.09. The van der Waals surface area contributed by atoms with E-state index in [1.54, 1.807) is 0 Å². The summed E-state index contributed by atoms with van der Waals surface area (Å²) >= 11 is 0. The molecule has 2 aromatic rings. The first kappa shape index (κ1) is 45.9. The van der Waals surface area contributed by atoms with Gasteiger partial charge in [-0.25, -0.2) is 9.59 Å². The summed E-state index contributed by atoms with van der Waals surface area (Å²) in [6, 6.07) is 14.9. The first-order valence-corrected chi connectivity index (χ1v) is 17.6. The molecular weight excluding hydrogens is 719 g/mol. The van der Waals surface area contributed by atoms with Crippen LogP contribution in [0.2, 0.25) is 0 Å². The normalized spacial score (nSPS) is 12.9. The van der Waals surface area contributed by atoms with Crippen LogP contribution in [-0.2, 0) is 38.1 Å². The maximum atomic E-state index is 12.5. The molecule has 54 heavy (non-hydrogen) atoms. The van der Waals surface area contributed by atoms with Crippen molar-refractivity contribution >= 4 is 23.9 Å². The van der Waals surface area contributed by atoms with E-state index in [0.717, 1.165) is 33.3 Å². The number of unbranched alkanes of at least 4 members (excludes halogenated alkanes) is 1. The molecule has 0 bridgehead atoms. The summed E-state index contributed by atoms with van der Waals surface area (Å²) in [7, 11) is 6.37. The van der Waals surface area contributed by atoms with Gasteiger partial charge in [-0.15, -0.1) is 0 Å². The van der Waals surface area contributed by atoms with Crippen LogP contribution in [0.25, 0.3) is 11.1 Å². The van der Waals surface area contributed by atoms with Gasteiger partial charge in [-0.05, 0) is 41.5 Å². The van der Waals surface area contributed by atoms with Gasteiger partial charge in [0.05, 0.1) is 74.0 Å². The van der Waals surface area contributed by atoms with Crippen molar-refractivity contribution in [1.82, 2.24) is 10.6 Å². The Bertz CT molecular complexity index is 1410. The number of hydrogen-bond donors (Lipinski definition) is 3. The van der Waals surface area contributed by atoms with Gasteiger partial charge in [0.15, 0.2) is 0 Å². The maximum absolute atomic E-state index is 12.5. The first-order chi connectivity index (χ1) is 25.6. The number of amides is 2.